The van der Waals surface area contributed by atoms with E-state index in [-0.39, 0.29) is 11.6 Å². The fourth-order valence-corrected chi connectivity index (χ4v) is 3.76. The highest BCUT2D eigenvalue weighted by Gasteiger charge is 2.40. The van der Waals surface area contributed by atoms with Crippen molar-refractivity contribution in [3.8, 4) is 0 Å². The largest absolute Gasteiger partial charge is 0.350 e. The molecule has 1 aliphatic heterocycles. The molecule has 4 rings (SSSR count). The Kier molecular flexibility index (Phi) is 5.18. The summed E-state index contributed by atoms with van der Waals surface area (Å²) in [5.41, 5.74) is 5.72. The molecule has 0 atom stereocenters. The Labute approximate surface area is 180 Å². The van der Waals surface area contributed by atoms with Crippen LogP contribution in [0.1, 0.15) is 22.3 Å². The first kappa shape index (κ1) is 19.9. The molecule has 4 nitrogen and oxygen atoms in total. The van der Waals surface area contributed by atoms with E-state index >= 15 is 0 Å². The summed E-state index contributed by atoms with van der Waals surface area (Å²) in [7, 11) is 0. The standard InChI is InChI=1S/C25H21ClN2O2/c1-15-7-10-18(11-8-15)22-23(27-21-12-9-16(2)13-17(21)3)25(30)28(24(22)29)20-6-4-5-19(26)14-20/h4-14,27H,1-3H3. The van der Waals surface area contributed by atoms with Crippen molar-refractivity contribution in [1.82, 2.24) is 0 Å². The maximum atomic E-state index is 13.4. The first-order chi connectivity index (χ1) is 14.3. The van der Waals surface area contributed by atoms with Gasteiger partial charge in [0.15, 0.2) is 0 Å². The quantitative estimate of drug-likeness (QED) is 0.558. The highest BCUT2D eigenvalue weighted by Crippen LogP contribution is 2.35. The zero-order chi connectivity index (χ0) is 21.4. The van der Waals surface area contributed by atoms with Gasteiger partial charge in [-0.3, -0.25) is 9.59 Å². The Hall–Kier alpha value is -3.37. The van der Waals surface area contributed by atoms with Crippen LogP contribution >= 0.6 is 11.6 Å². The van der Waals surface area contributed by atoms with Crippen LogP contribution in [0.5, 0.6) is 0 Å². The maximum Gasteiger partial charge on any atom is 0.282 e. The van der Waals surface area contributed by atoms with E-state index in [4.69, 9.17) is 11.6 Å². The molecule has 2 amide bonds. The van der Waals surface area contributed by atoms with Crippen LogP contribution in [0.4, 0.5) is 11.4 Å². The van der Waals surface area contributed by atoms with E-state index in [1.165, 1.54) is 4.90 Å². The van der Waals surface area contributed by atoms with Crippen molar-refractivity contribution in [2.75, 3.05) is 10.2 Å². The smallest absolute Gasteiger partial charge is 0.282 e. The minimum Gasteiger partial charge on any atom is -0.350 e. The number of imide groups is 1. The molecule has 1 N–H and O–H groups in total. The van der Waals surface area contributed by atoms with Gasteiger partial charge in [0.05, 0.1) is 11.3 Å². The van der Waals surface area contributed by atoms with Gasteiger partial charge in [-0.15, -0.1) is 0 Å². The second kappa shape index (κ2) is 7.81. The average Bonchev–Trinajstić information content (AvgIpc) is 2.94. The SMILES string of the molecule is Cc1ccc(C2=C(Nc3ccc(C)cc3C)C(=O)N(c3cccc(Cl)c3)C2=O)cc1. The van der Waals surface area contributed by atoms with Crippen molar-refractivity contribution >= 4 is 40.4 Å². The zero-order valence-corrected chi connectivity index (χ0v) is 17.7. The summed E-state index contributed by atoms with van der Waals surface area (Å²) in [6, 6.07) is 20.2. The van der Waals surface area contributed by atoms with Gasteiger partial charge < -0.3 is 5.32 Å². The van der Waals surface area contributed by atoms with E-state index in [2.05, 4.69) is 5.32 Å². The van der Waals surface area contributed by atoms with Crippen LogP contribution in [0.15, 0.2) is 72.4 Å². The molecular weight excluding hydrogens is 396 g/mol. The fourth-order valence-electron chi connectivity index (χ4n) is 3.57. The molecule has 0 saturated carbocycles. The van der Waals surface area contributed by atoms with Gasteiger partial charge in [-0.1, -0.05) is 65.2 Å². The van der Waals surface area contributed by atoms with Crippen molar-refractivity contribution in [3.63, 3.8) is 0 Å². The first-order valence-corrected chi connectivity index (χ1v) is 10.0. The Morgan fingerprint density at radius 1 is 0.800 bits per heavy atom. The number of nitrogens with one attached hydrogen (secondary N) is 1. The number of benzene rings is 3. The van der Waals surface area contributed by atoms with Crippen LogP contribution in [0.25, 0.3) is 5.57 Å². The van der Waals surface area contributed by atoms with Gasteiger partial charge in [0.2, 0.25) is 0 Å². The molecule has 150 valence electrons. The molecular formula is C25H21ClN2O2. The van der Waals surface area contributed by atoms with Crippen LogP contribution in [-0.4, -0.2) is 11.8 Å². The summed E-state index contributed by atoms with van der Waals surface area (Å²) in [4.78, 5) is 28.0. The summed E-state index contributed by atoms with van der Waals surface area (Å²) in [6.07, 6.45) is 0. The van der Waals surface area contributed by atoms with Crippen LogP contribution in [0.2, 0.25) is 5.02 Å². The number of halogens is 1. The van der Waals surface area contributed by atoms with E-state index < -0.39 is 5.91 Å². The minimum absolute atomic E-state index is 0.260. The Morgan fingerprint density at radius 2 is 1.50 bits per heavy atom. The lowest BCUT2D eigenvalue weighted by atomic mass is 10.0. The molecule has 0 aliphatic carbocycles. The van der Waals surface area contributed by atoms with E-state index in [0.717, 1.165) is 22.4 Å². The normalized spacial score (nSPS) is 13.9. The lowest BCUT2D eigenvalue weighted by Gasteiger charge is -2.16. The molecule has 1 heterocycles. The number of rotatable bonds is 4. The zero-order valence-electron chi connectivity index (χ0n) is 17.0. The number of hydrogen-bond acceptors (Lipinski definition) is 3. The van der Waals surface area contributed by atoms with Crippen LogP contribution in [-0.2, 0) is 9.59 Å². The summed E-state index contributed by atoms with van der Waals surface area (Å²) in [5, 5.41) is 3.69. The molecule has 0 bridgehead atoms. The highest BCUT2D eigenvalue weighted by molar-refractivity contribution is 6.46. The van der Waals surface area contributed by atoms with Gasteiger partial charge in [0.25, 0.3) is 11.8 Å². The van der Waals surface area contributed by atoms with Gasteiger partial charge >= 0.3 is 0 Å². The summed E-state index contributed by atoms with van der Waals surface area (Å²) < 4.78 is 0. The molecule has 3 aromatic carbocycles. The Bertz CT molecular complexity index is 1200. The number of anilines is 2. The molecule has 0 spiro atoms. The fraction of sp³-hybridized carbons (Fsp3) is 0.120. The van der Waals surface area contributed by atoms with Crippen LogP contribution in [0.3, 0.4) is 0 Å². The third kappa shape index (κ3) is 3.62. The lowest BCUT2D eigenvalue weighted by molar-refractivity contribution is -0.120. The monoisotopic (exact) mass is 416 g/mol. The minimum atomic E-state index is -0.405. The summed E-state index contributed by atoms with van der Waals surface area (Å²) in [5.74, 6) is -0.781. The van der Waals surface area contributed by atoms with Gasteiger partial charge in [-0.05, 0) is 56.2 Å². The molecule has 0 radical (unpaired) electrons. The predicted octanol–water partition coefficient (Wildman–Crippen LogP) is 5.66. The second-order valence-corrected chi connectivity index (χ2v) is 7.92. The van der Waals surface area contributed by atoms with E-state index in [0.29, 0.717) is 21.8 Å². The Morgan fingerprint density at radius 3 is 2.17 bits per heavy atom. The molecule has 1 aliphatic rings. The average molecular weight is 417 g/mol. The molecule has 0 unspecified atom stereocenters. The second-order valence-electron chi connectivity index (χ2n) is 7.48. The lowest BCUT2D eigenvalue weighted by Crippen LogP contribution is -2.32. The van der Waals surface area contributed by atoms with E-state index in [1.807, 2.05) is 63.2 Å². The molecule has 5 heteroatoms. The Balaban J connectivity index is 1.84. The molecule has 0 fully saturated rings. The third-order valence-electron chi connectivity index (χ3n) is 5.13. The number of carbonyl (C=O) groups is 2. The van der Waals surface area contributed by atoms with E-state index in [1.54, 1.807) is 24.3 Å². The van der Waals surface area contributed by atoms with Crippen molar-refractivity contribution in [2.45, 2.75) is 20.8 Å². The summed E-state index contributed by atoms with van der Waals surface area (Å²) >= 11 is 6.11. The van der Waals surface area contributed by atoms with Crippen molar-refractivity contribution < 1.29 is 9.59 Å². The number of hydrogen-bond donors (Lipinski definition) is 1. The van der Waals surface area contributed by atoms with Crippen molar-refractivity contribution in [2.24, 2.45) is 0 Å². The molecule has 0 saturated heterocycles. The predicted molar refractivity (Wildman–Crippen MR) is 122 cm³/mol. The number of amides is 2. The van der Waals surface area contributed by atoms with Crippen LogP contribution < -0.4 is 10.2 Å². The first-order valence-electron chi connectivity index (χ1n) is 9.65. The van der Waals surface area contributed by atoms with Crippen molar-refractivity contribution in [3.05, 3.63) is 99.7 Å². The molecule has 3 aromatic rings. The number of nitrogens with zero attached hydrogens (tertiary/aromatic N) is 1. The van der Waals surface area contributed by atoms with E-state index in [9.17, 15) is 9.59 Å². The summed E-state index contributed by atoms with van der Waals surface area (Å²) in [6.45, 7) is 5.96. The maximum absolute atomic E-state index is 13.4. The highest BCUT2D eigenvalue weighted by atomic mass is 35.5. The van der Waals surface area contributed by atoms with Gasteiger partial charge in [0.1, 0.15) is 5.70 Å². The third-order valence-corrected chi connectivity index (χ3v) is 5.37. The number of carbonyl (C=O) groups excluding carboxylic acids is 2. The van der Waals surface area contributed by atoms with Gasteiger partial charge in [0, 0.05) is 10.7 Å². The van der Waals surface area contributed by atoms with Gasteiger partial charge in [-0.2, -0.15) is 0 Å². The topological polar surface area (TPSA) is 49.4 Å². The molecule has 0 aromatic heterocycles. The van der Waals surface area contributed by atoms with Crippen LogP contribution in [0, 0.1) is 20.8 Å². The van der Waals surface area contributed by atoms with Crippen molar-refractivity contribution in [1.29, 1.82) is 0 Å². The molecule has 30 heavy (non-hydrogen) atoms. The number of aryl methyl sites for hydroxylation is 3. The van der Waals surface area contributed by atoms with Gasteiger partial charge in [-0.25, -0.2) is 4.90 Å².